The van der Waals surface area contributed by atoms with Crippen molar-refractivity contribution in [3.05, 3.63) is 35.6 Å². The van der Waals surface area contributed by atoms with Gasteiger partial charge in [0.15, 0.2) is 0 Å². The lowest BCUT2D eigenvalue weighted by Crippen LogP contribution is -2.34. The highest BCUT2D eigenvalue weighted by Crippen LogP contribution is 2.45. The van der Waals surface area contributed by atoms with Crippen LogP contribution in [-0.2, 0) is 4.79 Å². The first-order valence-corrected chi connectivity index (χ1v) is 7.54. The van der Waals surface area contributed by atoms with Crippen LogP contribution >= 0.6 is 0 Å². The molecule has 0 aromatic heterocycles. The minimum absolute atomic E-state index is 0.173. The molecule has 1 aliphatic carbocycles. The van der Waals surface area contributed by atoms with Crippen LogP contribution in [0, 0.1) is 17.2 Å². The Labute approximate surface area is 119 Å². The highest BCUT2D eigenvalue weighted by Gasteiger charge is 2.45. The van der Waals surface area contributed by atoms with Crippen LogP contribution in [0.2, 0.25) is 0 Å². The van der Waals surface area contributed by atoms with E-state index in [9.17, 15) is 9.18 Å². The highest BCUT2D eigenvalue weighted by molar-refractivity contribution is 5.84. The third-order valence-electron chi connectivity index (χ3n) is 5.05. The van der Waals surface area contributed by atoms with Crippen LogP contribution in [-0.4, -0.2) is 11.9 Å². The first-order valence-electron chi connectivity index (χ1n) is 7.54. The van der Waals surface area contributed by atoms with E-state index >= 15 is 0 Å². The molecule has 2 nitrogen and oxygen atoms in total. The summed E-state index contributed by atoms with van der Waals surface area (Å²) in [5.74, 6) is 0.937. The Bertz CT molecular complexity index is 508. The molecule has 1 aromatic carbocycles. The average molecular weight is 275 g/mol. The maximum Gasteiger partial charge on any atom is 0.225 e. The van der Waals surface area contributed by atoms with Gasteiger partial charge in [0.1, 0.15) is 5.82 Å². The summed E-state index contributed by atoms with van der Waals surface area (Å²) in [7, 11) is 0. The molecule has 3 atom stereocenters. The summed E-state index contributed by atoms with van der Waals surface area (Å²) in [6.07, 6.45) is 4.40. The second-order valence-corrected chi connectivity index (χ2v) is 6.92. The van der Waals surface area contributed by atoms with Crippen LogP contribution < -0.4 is 5.32 Å². The first kappa shape index (κ1) is 13.6. The number of carbonyl (C=O) groups excluding carboxylic acids is 1. The van der Waals surface area contributed by atoms with Gasteiger partial charge >= 0.3 is 0 Å². The van der Waals surface area contributed by atoms with Crippen molar-refractivity contribution < 1.29 is 9.18 Å². The van der Waals surface area contributed by atoms with E-state index in [0.29, 0.717) is 11.8 Å². The molecule has 2 aliphatic rings. The number of rotatable bonds is 2. The van der Waals surface area contributed by atoms with E-state index in [4.69, 9.17) is 0 Å². The average Bonchev–Trinajstić information content (AvgIpc) is 2.96. The van der Waals surface area contributed by atoms with Gasteiger partial charge in [0.25, 0.3) is 0 Å². The fourth-order valence-electron chi connectivity index (χ4n) is 3.91. The van der Waals surface area contributed by atoms with Crippen molar-refractivity contribution in [3.63, 3.8) is 0 Å². The number of halogens is 1. The van der Waals surface area contributed by atoms with Crippen molar-refractivity contribution in [2.24, 2.45) is 11.3 Å². The fourth-order valence-corrected chi connectivity index (χ4v) is 3.91. The number of hydrogen-bond donors (Lipinski definition) is 1. The second kappa shape index (κ2) is 4.87. The van der Waals surface area contributed by atoms with E-state index in [0.717, 1.165) is 19.3 Å². The molecule has 1 saturated carbocycles. The molecule has 3 unspecified atom stereocenters. The number of nitrogens with one attached hydrogen (secondary N) is 1. The van der Waals surface area contributed by atoms with E-state index in [1.54, 1.807) is 12.1 Å². The van der Waals surface area contributed by atoms with Crippen molar-refractivity contribution in [2.75, 3.05) is 0 Å². The van der Waals surface area contributed by atoms with Crippen LogP contribution in [0.15, 0.2) is 24.3 Å². The quantitative estimate of drug-likeness (QED) is 0.877. The number of hydrogen-bond acceptors (Lipinski definition) is 1. The largest absolute Gasteiger partial charge is 0.353 e. The van der Waals surface area contributed by atoms with Gasteiger partial charge in [-0.15, -0.1) is 0 Å². The molecule has 0 bridgehead atoms. The molecular formula is C17H22FNO. The summed E-state index contributed by atoms with van der Waals surface area (Å²) in [6, 6.07) is 7.17. The Balaban J connectivity index is 1.80. The van der Waals surface area contributed by atoms with Crippen LogP contribution in [0.3, 0.4) is 0 Å². The van der Waals surface area contributed by atoms with Crippen LogP contribution in [0.1, 0.15) is 51.0 Å². The lowest BCUT2D eigenvalue weighted by atomic mass is 9.80. The van der Waals surface area contributed by atoms with Gasteiger partial charge in [0, 0.05) is 11.5 Å². The van der Waals surface area contributed by atoms with Crippen molar-refractivity contribution >= 4 is 5.91 Å². The van der Waals surface area contributed by atoms with Gasteiger partial charge in [-0.1, -0.05) is 32.4 Å². The first-order chi connectivity index (χ1) is 9.47. The minimum Gasteiger partial charge on any atom is -0.353 e. The van der Waals surface area contributed by atoms with E-state index in [-0.39, 0.29) is 23.2 Å². The molecule has 1 amide bonds. The Morgan fingerprint density at radius 1 is 1.20 bits per heavy atom. The van der Waals surface area contributed by atoms with Gasteiger partial charge in [0.2, 0.25) is 5.91 Å². The summed E-state index contributed by atoms with van der Waals surface area (Å²) < 4.78 is 13.1. The van der Waals surface area contributed by atoms with Gasteiger partial charge < -0.3 is 5.32 Å². The van der Waals surface area contributed by atoms with E-state index in [1.807, 2.05) is 26.0 Å². The van der Waals surface area contributed by atoms with Gasteiger partial charge in [-0.2, -0.15) is 0 Å². The lowest BCUT2D eigenvalue weighted by molar-refractivity contribution is -0.126. The zero-order valence-electron chi connectivity index (χ0n) is 12.2. The molecule has 1 saturated heterocycles. The molecule has 0 radical (unpaired) electrons. The smallest absolute Gasteiger partial charge is 0.225 e. The zero-order valence-corrected chi connectivity index (χ0v) is 12.2. The van der Waals surface area contributed by atoms with Crippen molar-refractivity contribution in [3.8, 4) is 0 Å². The van der Waals surface area contributed by atoms with Crippen molar-refractivity contribution in [1.82, 2.24) is 5.32 Å². The summed E-state index contributed by atoms with van der Waals surface area (Å²) in [4.78, 5) is 12.0. The van der Waals surface area contributed by atoms with E-state index < -0.39 is 0 Å². The monoisotopic (exact) mass is 275 g/mol. The Kier molecular flexibility index (Phi) is 3.31. The standard InChI is InChI=1S/C17H22FNO/c1-17(2)10-15(19-16(17)20)14-5-3-4-13(14)11-6-8-12(18)9-7-11/h6-9,13-15H,3-5,10H2,1-2H3,(H,19,20). The highest BCUT2D eigenvalue weighted by atomic mass is 19.1. The molecular weight excluding hydrogens is 253 g/mol. The van der Waals surface area contributed by atoms with Crippen molar-refractivity contribution in [2.45, 2.75) is 51.5 Å². The molecule has 1 aliphatic heterocycles. The summed E-state index contributed by atoms with van der Waals surface area (Å²) in [6.45, 7) is 4.04. The van der Waals surface area contributed by atoms with Crippen molar-refractivity contribution in [1.29, 1.82) is 0 Å². The molecule has 2 fully saturated rings. The van der Waals surface area contributed by atoms with Crippen LogP contribution in [0.5, 0.6) is 0 Å². The van der Waals surface area contributed by atoms with Gasteiger partial charge in [-0.05, 0) is 48.8 Å². The summed E-state index contributed by atoms with van der Waals surface area (Å²) in [5.41, 5.74) is 0.966. The minimum atomic E-state index is -0.249. The molecule has 1 aromatic rings. The van der Waals surface area contributed by atoms with E-state index in [1.165, 1.54) is 12.0 Å². The molecule has 1 N–H and O–H groups in total. The molecule has 3 heteroatoms. The Morgan fingerprint density at radius 2 is 1.90 bits per heavy atom. The summed E-state index contributed by atoms with van der Waals surface area (Å²) in [5, 5.41) is 3.18. The number of carbonyl (C=O) groups is 1. The molecule has 1 heterocycles. The fraction of sp³-hybridized carbons (Fsp3) is 0.588. The van der Waals surface area contributed by atoms with Gasteiger partial charge in [-0.25, -0.2) is 4.39 Å². The van der Waals surface area contributed by atoms with E-state index in [2.05, 4.69) is 5.32 Å². The molecule has 108 valence electrons. The van der Waals surface area contributed by atoms with Crippen LogP contribution in [0.25, 0.3) is 0 Å². The maximum atomic E-state index is 13.1. The van der Waals surface area contributed by atoms with Gasteiger partial charge in [-0.3, -0.25) is 4.79 Å². The SMILES string of the molecule is CC1(C)CC(C2CCCC2c2ccc(F)cc2)NC1=O. The topological polar surface area (TPSA) is 29.1 Å². The summed E-state index contributed by atoms with van der Waals surface area (Å²) >= 11 is 0. The third kappa shape index (κ3) is 2.34. The molecule has 0 spiro atoms. The second-order valence-electron chi connectivity index (χ2n) is 6.92. The normalized spacial score (nSPS) is 32.4. The number of amides is 1. The zero-order chi connectivity index (χ0) is 14.3. The number of benzene rings is 1. The third-order valence-corrected chi connectivity index (χ3v) is 5.05. The predicted molar refractivity (Wildman–Crippen MR) is 76.8 cm³/mol. The Hall–Kier alpha value is -1.38. The van der Waals surface area contributed by atoms with Crippen LogP contribution in [0.4, 0.5) is 4.39 Å². The molecule has 3 rings (SSSR count). The van der Waals surface area contributed by atoms with Gasteiger partial charge in [0.05, 0.1) is 0 Å². The predicted octanol–water partition coefficient (Wildman–Crippen LogP) is 3.62. The maximum absolute atomic E-state index is 13.1. The lowest BCUT2D eigenvalue weighted by Gasteiger charge is -2.26. The Morgan fingerprint density at radius 3 is 2.50 bits per heavy atom. The molecule has 20 heavy (non-hydrogen) atoms.